The number of aryl methyl sites for hydroxylation is 2. The molecule has 2 aliphatic carbocycles. The van der Waals surface area contributed by atoms with Gasteiger partial charge in [0.15, 0.2) is 5.82 Å². The number of hydrogen-bond donors (Lipinski definition) is 1. The number of benzene rings is 1. The third-order valence-electron chi connectivity index (χ3n) is 6.34. The lowest BCUT2D eigenvalue weighted by Crippen LogP contribution is -2.31. The molecule has 0 aliphatic heterocycles. The summed E-state index contributed by atoms with van der Waals surface area (Å²) in [7, 11) is 3.85. The summed E-state index contributed by atoms with van der Waals surface area (Å²) in [6.07, 6.45) is 12.3. The highest BCUT2D eigenvalue weighted by Gasteiger charge is 2.53. The summed E-state index contributed by atoms with van der Waals surface area (Å²) < 4.78 is 3.62. The van der Waals surface area contributed by atoms with Crippen molar-refractivity contribution in [2.24, 2.45) is 25.9 Å². The van der Waals surface area contributed by atoms with E-state index in [1.54, 1.807) is 0 Å². The molecule has 3 atom stereocenters. The molecule has 2 aliphatic rings. The summed E-state index contributed by atoms with van der Waals surface area (Å²) in [6.45, 7) is 0. The Balaban J connectivity index is 1.39. The van der Waals surface area contributed by atoms with Gasteiger partial charge in [-0.05, 0) is 36.3 Å². The Bertz CT molecular complexity index is 1240. The Kier molecular flexibility index (Phi) is 3.78. The lowest BCUT2D eigenvalue weighted by molar-refractivity contribution is 0.413. The molecule has 2 fully saturated rings. The highest BCUT2D eigenvalue weighted by molar-refractivity contribution is 5.77. The van der Waals surface area contributed by atoms with Gasteiger partial charge < -0.3 is 5.32 Å². The zero-order valence-electron chi connectivity index (χ0n) is 17.0. The molecule has 0 amide bonds. The normalized spacial score (nSPS) is 21.7. The molecule has 3 unspecified atom stereocenters. The van der Waals surface area contributed by atoms with Crippen molar-refractivity contribution < 1.29 is 0 Å². The van der Waals surface area contributed by atoms with Crippen LogP contribution in [0.1, 0.15) is 12.8 Å². The molecule has 2 saturated carbocycles. The topological polar surface area (TPSA) is 73.5 Å². The Morgan fingerprint density at radius 1 is 0.900 bits per heavy atom. The van der Waals surface area contributed by atoms with Gasteiger partial charge in [-0.25, -0.2) is 9.97 Å². The molecule has 3 aromatic heterocycles. The average Bonchev–Trinajstić information content (AvgIpc) is 3.06. The Labute approximate surface area is 174 Å². The molecule has 4 aromatic rings. The third kappa shape index (κ3) is 2.98. The quantitative estimate of drug-likeness (QED) is 0.555. The minimum absolute atomic E-state index is 0.523. The monoisotopic (exact) mass is 397 g/mol. The molecular weight excluding hydrogens is 374 g/mol. The van der Waals surface area contributed by atoms with Gasteiger partial charge in [0.1, 0.15) is 5.82 Å². The van der Waals surface area contributed by atoms with Crippen molar-refractivity contribution in [2.75, 3.05) is 5.32 Å². The van der Waals surface area contributed by atoms with Crippen LogP contribution >= 0.6 is 0 Å². The summed E-state index contributed by atoms with van der Waals surface area (Å²) in [5.74, 6) is 3.37. The van der Waals surface area contributed by atoms with E-state index in [1.165, 1.54) is 12.8 Å². The van der Waals surface area contributed by atoms with E-state index < -0.39 is 0 Å². The molecule has 150 valence electrons. The van der Waals surface area contributed by atoms with Gasteiger partial charge in [0.05, 0.1) is 12.4 Å². The fourth-order valence-electron chi connectivity index (χ4n) is 4.49. The first-order chi connectivity index (χ1) is 14.6. The fourth-order valence-corrected chi connectivity index (χ4v) is 4.49. The molecule has 0 radical (unpaired) electrons. The minimum Gasteiger partial charge on any atom is -0.366 e. The molecule has 0 spiro atoms. The van der Waals surface area contributed by atoms with E-state index in [1.807, 2.05) is 60.5 Å². The van der Waals surface area contributed by atoms with Gasteiger partial charge in [0.25, 0.3) is 0 Å². The van der Waals surface area contributed by atoms with Gasteiger partial charge in [-0.15, -0.1) is 0 Å². The van der Waals surface area contributed by atoms with Gasteiger partial charge in [0, 0.05) is 61.0 Å². The van der Waals surface area contributed by atoms with E-state index in [9.17, 15) is 0 Å². The first-order valence-corrected chi connectivity index (χ1v) is 10.4. The number of aromatic nitrogens is 6. The van der Waals surface area contributed by atoms with Gasteiger partial charge in [-0.1, -0.05) is 18.2 Å². The van der Waals surface area contributed by atoms with Crippen molar-refractivity contribution in [1.29, 1.82) is 0 Å². The predicted molar refractivity (Wildman–Crippen MR) is 115 cm³/mol. The molecular formula is C23H23N7. The maximum Gasteiger partial charge on any atom is 0.161 e. The first kappa shape index (κ1) is 17.4. The largest absolute Gasteiger partial charge is 0.366 e. The Hall–Kier alpha value is -3.48. The summed E-state index contributed by atoms with van der Waals surface area (Å²) in [4.78, 5) is 9.67. The first-order valence-electron chi connectivity index (χ1n) is 10.4. The molecule has 1 aromatic carbocycles. The number of nitrogens with one attached hydrogen (secondary N) is 1. The lowest BCUT2D eigenvalue weighted by atomic mass is 9.93. The van der Waals surface area contributed by atoms with Crippen LogP contribution in [0.4, 0.5) is 5.82 Å². The van der Waals surface area contributed by atoms with Crippen molar-refractivity contribution in [3.63, 3.8) is 0 Å². The smallest absolute Gasteiger partial charge is 0.161 e. The van der Waals surface area contributed by atoms with Crippen molar-refractivity contribution in [3.05, 3.63) is 55.2 Å². The van der Waals surface area contributed by atoms with Crippen molar-refractivity contribution in [2.45, 2.75) is 18.9 Å². The van der Waals surface area contributed by atoms with E-state index in [-0.39, 0.29) is 0 Å². The van der Waals surface area contributed by atoms with Crippen LogP contribution in [0.15, 0.2) is 55.2 Å². The van der Waals surface area contributed by atoms with Crippen LogP contribution in [0, 0.1) is 11.8 Å². The van der Waals surface area contributed by atoms with Crippen LogP contribution in [0.2, 0.25) is 0 Å². The summed E-state index contributed by atoms with van der Waals surface area (Å²) in [5.41, 5.74) is 5.21. The van der Waals surface area contributed by atoms with Gasteiger partial charge >= 0.3 is 0 Å². The number of rotatable bonds is 5. The van der Waals surface area contributed by atoms with Crippen LogP contribution in [0.5, 0.6) is 0 Å². The summed E-state index contributed by atoms with van der Waals surface area (Å²) in [5, 5.41) is 12.3. The second kappa shape index (κ2) is 6.52. The highest BCUT2D eigenvalue weighted by Crippen LogP contribution is 2.56. The molecule has 7 heteroatoms. The molecule has 3 heterocycles. The second-order valence-corrected chi connectivity index (χ2v) is 8.49. The SMILES string of the molecule is Cn1cc(-c2cccc(-c3ncc(-c4cnn(C)c4)c(NC4CC5CC54)n3)c2)cn1. The Morgan fingerprint density at radius 2 is 1.67 bits per heavy atom. The van der Waals surface area contributed by atoms with Crippen LogP contribution in [0.25, 0.3) is 33.6 Å². The standard InChI is InChI=1S/C23H23N7/c1-29-12-17(9-25-29)14-4-3-5-15(6-14)22-24-11-20(18-10-26-30(2)13-18)23(28-22)27-21-8-16-7-19(16)21/h3-6,9-13,16,19,21H,7-8H2,1-2H3,(H,24,27,28). The average molecular weight is 397 g/mol. The maximum atomic E-state index is 4.96. The van der Waals surface area contributed by atoms with Crippen molar-refractivity contribution in [3.8, 4) is 33.6 Å². The van der Waals surface area contributed by atoms with E-state index in [0.717, 1.165) is 51.3 Å². The van der Waals surface area contributed by atoms with Crippen molar-refractivity contribution in [1.82, 2.24) is 29.5 Å². The van der Waals surface area contributed by atoms with Crippen molar-refractivity contribution >= 4 is 5.82 Å². The van der Waals surface area contributed by atoms with E-state index in [2.05, 4.69) is 33.7 Å². The maximum absolute atomic E-state index is 4.96. The predicted octanol–water partition coefficient (Wildman–Crippen LogP) is 3.76. The Morgan fingerprint density at radius 3 is 2.33 bits per heavy atom. The number of nitrogens with zero attached hydrogens (tertiary/aromatic N) is 6. The molecule has 30 heavy (non-hydrogen) atoms. The highest BCUT2D eigenvalue weighted by atomic mass is 15.2. The zero-order chi connectivity index (χ0) is 20.2. The fraction of sp³-hybridized carbons (Fsp3) is 0.304. The number of fused-ring (bicyclic) bond motifs is 1. The number of hydrogen-bond acceptors (Lipinski definition) is 5. The van der Waals surface area contributed by atoms with E-state index in [0.29, 0.717) is 6.04 Å². The van der Waals surface area contributed by atoms with E-state index in [4.69, 9.17) is 9.97 Å². The third-order valence-corrected chi connectivity index (χ3v) is 6.34. The molecule has 6 rings (SSSR count). The molecule has 0 bridgehead atoms. The minimum atomic E-state index is 0.523. The van der Waals surface area contributed by atoms with Crippen LogP contribution in [-0.4, -0.2) is 35.6 Å². The van der Waals surface area contributed by atoms with Crippen LogP contribution in [-0.2, 0) is 14.1 Å². The number of anilines is 1. The van der Waals surface area contributed by atoms with Crippen LogP contribution < -0.4 is 5.32 Å². The second-order valence-electron chi connectivity index (χ2n) is 8.49. The zero-order valence-corrected chi connectivity index (χ0v) is 17.0. The van der Waals surface area contributed by atoms with Gasteiger partial charge in [-0.2, -0.15) is 10.2 Å². The molecule has 7 nitrogen and oxygen atoms in total. The summed E-state index contributed by atoms with van der Waals surface area (Å²) in [6, 6.07) is 8.84. The van der Waals surface area contributed by atoms with Gasteiger partial charge in [0.2, 0.25) is 0 Å². The summed E-state index contributed by atoms with van der Waals surface area (Å²) >= 11 is 0. The molecule has 1 N–H and O–H groups in total. The van der Waals surface area contributed by atoms with Crippen LogP contribution in [0.3, 0.4) is 0 Å². The van der Waals surface area contributed by atoms with E-state index >= 15 is 0 Å². The van der Waals surface area contributed by atoms with Gasteiger partial charge in [-0.3, -0.25) is 9.36 Å². The molecule has 0 saturated heterocycles. The lowest BCUT2D eigenvalue weighted by Gasteiger charge is -2.27.